The summed E-state index contributed by atoms with van der Waals surface area (Å²) in [6.45, 7) is 14.9. The van der Waals surface area contributed by atoms with E-state index in [2.05, 4.69) is 6.92 Å². The molecule has 0 saturated heterocycles. The SMILES string of the molecule is CC.CCC(=O)c1ccccc1.CCC(O)(CC)c1ccccc1.[CH2-]C.[Cl-].[Mg+2]. The van der Waals surface area contributed by atoms with E-state index in [1.54, 1.807) is 6.92 Å². The fraction of sp³-hybridized carbons (Fsp3) is 0.417. The third-order valence-electron chi connectivity index (χ3n) is 3.90. The van der Waals surface area contributed by atoms with Gasteiger partial charge in [-0.25, -0.2) is 0 Å². The van der Waals surface area contributed by atoms with Crippen molar-refractivity contribution < 1.29 is 22.3 Å². The van der Waals surface area contributed by atoms with Gasteiger partial charge in [0.05, 0.1) is 5.60 Å². The number of carbonyl (C=O) groups is 1. The number of Topliss-reactive ketones (excluding diaryl/α,β-unsaturated/α-hetero) is 1. The van der Waals surface area contributed by atoms with Crippen LogP contribution in [-0.4, -0.2) is 33.9 Å². The van der Waals surface area contributed by atoms with Crippen LogP contribution in [-0.2, 0) is 5.60 Å². The Hall–Kier alpha value is -0.874. The van der Waals surface area contributed by atoms with Gasteiger partial charge in [0.2, 0.25) is 0 Å². The van der Waals surface area contributed by atoms with Gasteiger partial charge in [0, 0.05) is 12.0 Å². The number of aliphatic hydroxyl groups is 1. The number of halogens is 1. The first-order valence-electron chi connectivity index (χ1n) is 9.64. The predicted molar refractivity (Wildman–Crippen MR) is 120 cm³/mol. The molecule has 0 unspecified atom stereocenters. The summed E-state index contributed by atoms with van der Waals surface area (Å²) in [6.07, 6.45) is 2.13. The second-order valence-electron chi connectivity index (χ2n) is 5.25. The fourth-order valence-corrected chi connectivity index (χ4v) is 2.23. The van der Waals surface area contributed by atoms with Gasteiger partial charge in [0.1, 0.15) is 0 Å². The molecule has 2 aromatic rings. The maximum Gasteiger partial charge on any atom is 2.00 e. The molecular weight excluding hydrogens is 380 g/mol. The second-order valence-corrected chi connectivity index (χ2v) is 5.25. The van der Waals surface area contributed by atoms with Crippen molar-refractivity contribution in [2.24, 2.45) is 0 Å². The summed E-state index contributed by atoms with van der Waals surface area (Å²) >= 11 is 0. The third kappa shape index (κ3) is 13.3. The van der Waals surface area contributed by atoms with E-state index in [-0.39, 0.29) is 41.2 Å². The Kier molecular flexibility index (Phi) is 27.7. The van der Waals surface area contributed by atoms with Crippen molar-refractivity contribution >= 4 is 28.8 Å². The van der Waals surface area contributed by atoms with Crippen molar-refractivity contribution in [3.05, 3.63) is 78.7 Å². The minimum Gasteiger partial charge on any atom is -1.00 e. The average Bonchev–Trinajstić information content (AvgIpc) is 2.77. The monoisotopic (exact) mass is 416 g/mol. The Morgan fingerprint density at radius 2 is 1.21 bits per heavy atom. The van der Waals surface area contributed by atoms with Crippen LogP contribution in [0.25, 0.3) is 0 Å². The van der Waals surface area contributed by atoms with Crippen LogP contribution in [0.1, 0.15) is 76.7 Å². The summed E-state index contributed by atoms with van der Waals surface area (Å²) in [5.41, 5.74) is 1.21. The fourth-order valence-electron chi connectivity index (χ4n) is 2.23. The predicted octanol–water partition coefficient (Wildman–Crippen LogP) is 3.46. The van der Waals surface area contributed by atoms with Gasteiger partial charge in [-0.1, -0.05) is 95.3 Å². The van der Waals surface area contributed by atoms with Crippen LogP contribution in [0.3, 0.4) is 0 Å². The van der Waals surface area contributed by atoms with Crippen LogP contribution in [0.15, 0.2) is 60.7 Å². The van der Waals surface area contributed by atoms with Gasteiger partial charge in [-0.2, -0.15) is 6.92 Å². The van der Waals surface area contributed by atoms with E-state index < -0.39 is 5.60 Å². The van der Waals surface area contributed by atoms with Crippen LogP contribution in [0.5, 0.6) is 0 Å². The maximum absolute atomic E-state index is 11.0. The van der Waals surface area contributed by atoms with Gasteiger partial charge < -0.3 is 24.4 Å². The van der Waals surface area contributed by atoms with E-state index in [1.165, 1.54) is 0 Å². The van der Waals surface area contributed by atoms with E-state index in [0.29, 0.717) is 6.42 Å². The van der Waals surface area contributed by atoms with Gasteiger partial charge in [0.15, 0.2) is 5.78 Å². The van der Waals surface area contributed by atoms with Crippen molar-refractivity contribution in [3.63, 3.8) is 0 Å². The molecule has 2 rings (SSSR count). The molecular formula is C24H37ClMgO2. The Bertz CT molecular complexity index is 555. The first-order valence-corrected chi connectivity index (χ1v) is 9.64. The smallest absolute Gasteiger partial charge is 1.00 e. The molecule has 154 valence electrons. The molecule has 0 aliphatic heterocycles. The molecule has 2 aromatic carbocycles. The molecule has 0 atom stereocenters. The minimum atomic E-state index is -0.624. The average molecular weight is 417 g/mol. The minimum absolute atomic E-state index is 0. The first-order chi connectivity index (χ1) is 12.6. The number of hydrogen-bond acceptors (Lipinski definition) is 2. The van der Waals surface area contributed by atoms with Crippen LogP contribution in [0, 0.1) is 6.92 Å². The molecule has 2 nitrogen and oxygen atoms in total. The molecule has 28 heavy (non-hydrogen) atoms. The summed E-state index contributed by atoms with van der Waals surface area (Å²) in [7, 11) is 0. The van der Waals surface area contributed by atoms with E-state index in [4.69, 9.17) is 0 Å². The summed E-state index contributed by atoms with van der Waals surface area (Å²) in [5.74, 6) is 0.209. The van der Waals surface area contributed by atoms with Gasteiger partial charge in [-0.3, -0.25) is 4.79 Å². The van der Waals surface area contributed by atoms with Crippen LogP contribution < -0.4 is 12.4 Å². The van der Waals surface area contributed by atoms with E-state index >= 15 is 0 Å². The molecule has 0 aliphatic rings. The van der Waals surface area contributed by atoms with Gasteiger partial charge in [-0.05, 0) is 18.4 Å². The molecule has 0 aromatic heterocycles. The molecule has 4 heteroatoms. The molecule has 0 amide bonds. The van der Waals surface area contributed by atoms with Crippen LogP contribution >= 0.6 is 0 Å². The number of ketones is 1. The Morgan fingerprint density at radius 3 is 1.54 bits per heavy atom. The van der Waals surface area contributed by atoms with E-state index in [9.17, 15) is 9.90 Å². The molecule has 0 radical (unpaired) electrons. The zero-order valence-corrected chi connectivity index (χ0v) is 20.7. The van der Waals surface area contributed by atoms with Gasteiger partial charge in [0.25, 0.3) is 0 Å². The second kappa shape index (κ2) is 22.4. The molecule has 0 fully saturated rings. The zero-order chi connectivity index (χ0) is 20.4. The Morgan fingerprint density at radius 1 is 0.857 bits per heavy atom. The molecule has 0 aliphatic carbocycles. The molecule has 0 saturated carbocycles. The number of carbonyl (C=O) groups excluding carboxylic acids is 1. The first kappa shape index (κ1) is 34.6. The standard InChI is InChI=1S/C11H16O.C9H10O.C2H6.C2H5.ClH.Mg/c1-3-11(12,4-2)10-8-6-5-7-9-10;1-2-9(10)8-6-4-3-5-7-8;2*1-2;;/h5-9,12H,3-4H2,1-2H3;3-7H,2H2,1H3;1-2H3;1H2,2H3;1H;/q;;;-1;;+2/p-1. The number of hydrogen-bond donors (Lipinski definition) is 1. The van der Waals surface area contributed by atoms with Gasteiger partial charge >= 0.3 is 23.1 Å². The normalized spacial score (nSPS) is 8.71. The third-order valence-corrected chi connectivity index (χ3v) is 3.90. The molecule has 0 bridgehead atoms. The van der Waals surface area contributed by atoms with Gasteiger partial charge in [-0.15, -0.1) is 0 Å². The van der Waals surface area contributed by atoms with Crippen LogP contribution in [0.4, 0.5) is 0 Å². The summed E-state index contributed by atoms with van der Waals surface area (Å²) in [5, 5.41) is 10.1. The Balaban J connectivity index is -0.000000166. The zero-order valence-electron chi connectivity index (χ0n) is 18.5. The van der Waals surface area contributed by atoms with Crippen molar-refractivity contribution in [3.8, 4) is 0 Å². The summed E-state index contributed by atoms with van der Waals surface area (Å²) < 4.78 is 0. The Labute approximate surface area is 195 Å². The molecule has 0 spiro atoms. The van der Waals surface area contributed by atoms with Crippen molar-refractivity contribution in [1.29, 1.82) is 0 Å². The number of rotatable bonds is 5. The molecule has 1 N–H and O–H groups in total. The largest absolute Gasteiger partial charge is 2.00 e. The van der Waals surface area contributed by atoms with Crippen molar-refractivity contribution in [2.45, 2.75) is 66.4 Å². The van der Waals surface area contributed by atoms with Crippen molar-refractivity contribution in [2.75, 3.05) is 0 Å². The van der Waals surface area contributed by atoms with Crippen molar-refractivity contribution in [1.82, 2.24) is 0 Å². The summed E-state index contributed by atoms with van der Waals surface area (Å²) in [4.78, 5) is 11.0. The molecule has 0 heterocycles. The quantitative estimate of drug-likeness (QED) is 0.460. The number of benzene rings is 2. The maximum atomic E-state index is 11.0. The van der Waals surface area contributed by atoms with Crippen LogP contribution in [0.2, 0.25) is 0 Å². The topological polar surface area (TPSA) is 37.3 Å². The van der Waals surface area contributed by atoms with E-state index in [1.807, 2.05) is 95.3 Å². The summed E-state index contributed by atoms with van der Waals surface area (Å²) in [6, 6.07) is 19.2. The van der Waals surface area contributed by atoms with E-state index in [0.717, 1.165) is 24.0 Å².